The monoisotopic (exact) mass is 378 g/mol. The first kappa shape index (κ1) is 18.1. The van der Waals surface area contributed by atoms with Crippen LogP contribution in [-0.2, 0) is 9.59 Å². The molecule has 6 atom stereocenters. The highest BCUT2D eigenvalue weighted by Crippen LogP contribution is 2.64. The van der Waals surface area contributed by atoms with Gasteiger partial charge in [-0.3, -0.25) is 9.59 Å². The van der Waals surface area contributed by atoms with Crippen LogP contribution in [0.5, 0.6) is 5.75 Å². The summed E-state index contributed by atoms with van der Waals surface area (Å²) in [5.74, 6) is 4.30. The first-order chi connectivity index (χ1) is 13.5. The van der Waals surface area contributed by atoms with E-state index < -0.39 is 0 Å². The van der Waals surface area contributed by atoms with Crippen LogP contribution in [0, 0.1) is 29.1 Å². The van der Waals surface area contributed by atoms with Gasteiger partial charge in [-0.05, 0) is 73.0 Å². The average molecular weight is 379 g/mol. The third-order valence-electron chi connectivity index (χ3n) is 8.53. The van der Waals surface area contributed by atoms with Crippen molar-refractivity contribution in [3.05, 3.63) is 41.5 Å². The van der Waals surface area contributed by atoms with Crippen LogP contribution in [0.4, 0.5) is 0 Å². The van der Waals surface area contributed by atoms with Gasteiger partial charge in [0, 0.05) is 24.7 Å². The fraction of sp³-hybridized carbons (Fsp3) is 0.600. The number of Topliss-reactive ketones (excluding diaryl/α,β-unsaturated/α-hetero) is 2. The topological polar surface area (TPSA) is 43.4 Å². The second-order valence-electron chi connectivity index (χ2n) is 9.69. The van der Waals surface area contributed by atoms with E-state index in [-0.39, 0.29) is 5.41 Å². The number of carbonyl (C=O) groups excluding carboxylic acids is 2. The molecular formula is C25H30O3. The van der Waals surface area contributed by atoms with Crippen molar-refractivity contribution in [3.63, 3.8) is 0 Å². The van der Waals surface area contributed by atoms with Gasteiger partial charge >= 0.3 is 0 Å². The molecule has 0 radical (unpaired) electrons. The summed E-state index contributed by atoms with van der Waals surface area (Å²) in [6.07, 6.45) is 8.57. The van der Waals surface area contributed by atoms with Crippen LogP contribution >= 0.6 is 0 Å². The lowest BCUT2D eigenvalue weighted by atomic mass is 9.48. The van der Waals surface area contributed by atoms with Crippen LogP contribution in [0.25, 0.3) is 0 Å². The van der Waals surface area contributed by atoms with Gasteiger partial charge in [0.15, 0.2) is 0 Å². The number of hydrogen-bond donors (Lipinski definition) is 0. The standard InChI is InChI=1S/C25H30O3/c1-25-14-21(15-3-7-18(28-2)8-4-15)24-19-10-6-17(26)13-16(19)5-9-20(24)22(25)11-12-23(25)27/h3-5,7-8,19-22,24H,6,9-14H2,1-2H3/t19-,20-,21+,22-,24+,25-/m0/s1. The molecule has 1 aromatic rings. The fourth-order valence-electron chi connectivity index (χ4n) is 7.20. The molecule has 0 bridgehead atoms. The average Bonchev–Trinajstić information content (AvgIpc) is 3.01. The minimum Gasteiger partial charge on any atom is -0.497 e. The molecule has 0 heterocycles. The quantitative estimate of drug-likeness (QED) is 0.673. The Hall–Kier alpha value is -1.90. The van der Waals surface area contributed by atoms with Crippen molar-refractivity contribution in [2.45, 2.75) is 57.8 Å². The lowest BCUT2D eigenvalue weighted by Crippen LogP contribution is -2.49. The lowest BCUT2D eigenvalue weighted by Gasteiger charge is -2.55. The minimum atomic E-state index is -0.179. The van der Waals surface area contributed by atoms with Crippen molar-refractivity contribution in [2.24, 2.45) is 29.1 Å². The molecule has 0 aliphatic heterocycles. The number of methoxy groups -OCH3 is 1. The van der Waals surface area contributed by atoms with Crippen LogP contribution in [0.2, 0.25) is 0 Å². The molecule has 3 nitrogen and oxygen atoms in total. The maximum atomic E-state index is 12.9. The zero-order valence-corrected chi connectivity index (χ0v) is 16.9. The normalized spacial score (nSPS) is 39.6. The summed E-state index contributed by atoms with van der Waals surface area (Å²) in [4.78, 5) is 25.0. The largest absolute Gasteiger partial charge is 0.497 e. The van der Waals surface area contributed by atoms with Crippen LogP contribution in [-0.4, -0.2) is 18.7 Å². The maximum absolute atomic E-state index is 12.9. The van der Waals surface area contributed by atoms with E-state index in [9.17, 15) is 9.59 Å². The van der Waals surface area contributed by atoms with Gasteiger partial charge in [-0.25, -0.2) is 0 Å². The van der Waals surface area contributed by atoms with Crippen molar-refractivity contribution < 1.29 is 14.3 Å². The van der Waals surface area contributed by atoms with Gasteiger partial charge in [0.1, 0.15) is 17.3 Å². The molecule has 1 aromatic carbocycles. The molecule has 4 aliphatic carbocycles. The molecule has 0 aromatic heterocycles. The summed E-state index contributed by atoms with van der Waals surface area (Å²) in [5, 5.41) is 0. The Labute approximate surface area is 167 Å². The number of rotatable bonds is 2. The summed E-state index contributed by atoms with van der Waals surface area (Å²) in [5.41, 5.74) is 2.55. The Kier molecular flexibility index (Phi) is 4.26. The van der Waals surface area contributed by atoms with E-state index in [0.29, 0.717) is 47.6 Å². The van der Waals surface area contributed by atoms with Gasteiger partial charge < -0.3 is 4.74 Å². The molecule has 3 fully saturated rings. The Morgan fingerprint density at radius 3 is 2.57 bits per heavy atom. The molecule has 3 heteroatoms. The molecule has 148 valence electrons. The van der Waals surface area contributed by atoms with Gasteiger partial charge in [-0.1, -0.05) is 30.7 Å². The molecule has 3 saturated carbocycles. The third-order valence-corrected chi connectivity index (χ3v) is 8.53. The summed E-state index contributed by atoms with van der Waals surface area (Å²) >= 11 is 0. The first-order valence-electron chi connectivity index (χ1n) is 10.9. The molecule has 0 spiro atoms. The van der Waals surface area contributed by atoms with E-state index in [4.69, 9.17) is 4.74 Å². The smallest absolute Gasteiger partial charge is 0.139 e. The number of ether oxygens (including phenoxy) is 1. The summed E-state index contributed by atoms with van der Waals surface area (Å²) < 4.78 is 5.37. The SMILES string of the molecule is COc1ccc([C@H]2C[C@]3(C)C(=O)CC[C@H]3[C@@H]3CC=C4CC(=O)CC[C@@H]4[C@H]32)cc1. The molecule has 0 N–H and O–H groups in total. The van der Waals surface area contributed by atoms with Crippen LogP contribution in [0.3, 0.4) is 0 Å². The number of hydrogen-bond acceptors (Lipinski definition) is 3. The fourth-order valence-corrected chi connectivity index (χ4v) is 7.20. The number of ketones is 2. The van der Waals surface area contributed by atoms with Gasteiger partial charge in [0.25, 0.3) is 0 Å². The summed E-state index contributed by atoms with van der Waals surface area (Å²) in [6, 6.07) is 8.52. The Morgan fingerprint density at radius 2 is 1.82 bits per heavy atom. The van der Waals surface area contributed by atoms with Crippen molar-refractivity contribution >= 4 is 11.6 Å². The highest BCUT2D eigenvalue weighted by molar-refractivity contribution is 5.87. The van der Waals surface area contributed by atoms with Crippen LogP contribution < -0.4 is 4.74 Å². The number of allylic oxidation sites excluding steroid dienone is 2. The zero-order chi connectivity index (χ0) is 19.5. The predicted octanol–water partition coefficient (Wildman–Crippen LogP) is 5.10. The van der Waals surface area contributed by atoms with Gasteiger partial charge in [0.2, 0.25) is 0 Å². The number of carbonyl (C=O) groups is 2. The molecule has 4 aliphatic rings. The Balaban J connectivity index is 1.58. The first-order valence-corrected chi connectivity index (χ1v) is 10.9. The predicted molar refractivity (Wildman–Crippen MR) is 108 cm³/mol. The van der Waals surface area contributed by atoms with Crippen molar-refractivity contribution in [2.75, 3.05) is 7.11 Å². The summed E-state index contributed by atoms with van der Waals surface area (Å²) in [6.45, 7) is 2.24. The zero-order valence-electron chi connectivity index (χ0n) is 16.9. The van der Waals surface area contributed by atoms with E-state index in [1.54, 1.807) is 7.11 Å². The second kappa shape index (κ2) is 6.57. The van der Waals surface area contributed by atoms with E-state index in [2.05, 4.69) is 37.3 Å². The second-order valence-corrected chi connectivity index (χ2v) is 9.69. The van der Waals surface area contributed by atoms with Crippen molar-refractivity contribution in [1.29, 1.82) is 0 Å². The molecule has 28 heavy (non-hydrogen) atoms. The number of benzene rings is 1. The Morgan fingerprint density at radius 1 is 1.04 bits per heavy atom. The highest BCUT2D eigenvalue weighted by atomic mass is 16.5. The van der Waals surface area contributed by atoms with E-state index >= 15 is 0 Å². The van der Waals surface area contributed by atoms with Gasteiger partial charge in [0.05, 0.1) is 7.11 Å². The van der Waals surface area contributed by atoms with Crippen molar-refractivity contribution in [3.8, 4) is 5.75 Å². The third kappa shape index (κ3) is 2.62. The van der Waals surface area contributed by atoms with Crippen LogP contribution in [0.15, 0.2) is 35.9 Å². The minimum absolute atomic E-state index is 0.179. The molecule has 5 rings (SSSR count). The maximum Gasteiger partial charge on any atom is 0.139 e. The van der Waals surface area contributed by atoms with E-state index in [1.165, 1.54) is 11.1 Å². The molecule has 0 amide bonds. The molecule has 0 unspecified atom stereocenters. The van der Waals surface area contributed by atoms with Crippen LogP contribution in [0.1, 0.15) is 63.4 Å². The lowest BCUT2D eigenvalue weighted by molar-refractivity contribution is -0.131. The van der Waals surface area contributed by atoms with Crippen molar-refractivity contribution in [1.82, 2.24) is 0 Å². The highest BCUT2D eigenvalue weighted by Gasteiger charge is 2.59. The molecule has 0 saturated heterocycles. The molecular weight excluding hydrogens is 348 g/mol. The van der Waals surface area contributed by atoms with E-state index in [0.717, 1.165) is 44.3 Å². The van der Waals surface area contributed by atoms with Gasteiger partial charge in [-0.15, -0.1) is 0 Å². The number of fused-ring (bicyclic) bond motifs is 5. The Bertz CT molecular complexity index is 836. The summed E-state index contributed by atoms with van der Waals surface area (Å²) in [7, 11) is 1.70. The van der Waals surface area contributed by atoms with Gasteiger partial charge in [-0.2, -0.15) is 0 Å². The van der Waals surface area contributed by atoms with E-state index in [1.807, 2.05) is 0 Å².